The van der Waals surface area contributed by atoms with Crippen LogP contribution in [-0.2, 0) is 33.4 Å². The lowest BCUT2D eigenvalue weighted by atomic mass is 9.57. The van der Waals surface area contributed by atoms with Gasteiger partial charge in [0, 0.05) is 22.3 Å². The molecule has 0 aromatic carbocycles. The largest absolute Gasteiger partial charge is 0.400 e. The number of carbonyl (C=O) groups is 5. The standard InChI is InChI=1S/C20H17F3O7S2/c21-20(22,23)8-2-6-13(24)12-7(3-31-15(12)14(6)32-8)9-10-4(16(25)29-18(10)27)1-5-11(9)19(28)30-17(5)26/h4-12,14-15H,1-3H2. The van der Waals surface area contributed by atoms with Gasteiger partial charge in [0.15, 0.2) is 0 Å². The molecule has 2 saturated carbocycles. The molecular formula is C20H17F3O7S2. The van der Waals surface area contributed by atoms with Crippen LogP contribution in [0, 0.1) is 47.3 Å². The summed E-state index contributed by atoms with van der Waals surface area (Å²) in [6, 6.07) is 0. The number of halogens is 3. The topological polar surface area (TPSA) is 104 Å². The third-order valence-electron chi connectivity index (χ3n) is 8.12. The number of fused-ring (bicyclic) bond motifs is 5. The average molecular weight is 490 g/mol. The zero-order valence-electron chi connectivity index (χ0n) is 16.3. The van der Waals surface area contributed by atoms with Gasteiger partial charge in [-0.05, 0) is 30.4 Å². The van der Waals surface area contributed by atoms with E-state index in [1.165, 1.54) is 11.8 Å². The normalized spacial score (nSPS) is 49.6. The Morgan fingerprint density at radius 1 is 0.750 bits per heavy atom. The van der Waals surface area contributed by atoms with E-state index in [0.717, 1.165) is 11.8 Å². The molecule has 2 aliphatic carbocycles. The van der Waals surface area contributed by atoms with Crippen molar-refractivity contribution >= 4 is 53.2 Å². The first-order chi connectivity index (χ1) is 15.1. The second-order valence-corrected chi connectivity index (χ2v) is 12.0. The van der Waals surface area contributed by atoms with Crippen LogP contribution in [0.3, 0.4) is 0 Å². The molecule has 6 rings (SSSR count). The van der Waals surface area contributed by atoms with Crippen LogP contribution in [0.25, 0.3) is 0 Å². The van der Waals surface area contributed by atoms with Gasteiger partial charge in [0.1, 0.15) is 11.0 Å². The summed E-state index contributed by atoms with van der Waals surface area (Å²) >= 11 is 2.20. The fraction of sp³-hybridized carbons (Fsp3) is 0.750. The van der Waals surface area contributed by atoms with Crippen molar-refractivity contribution in [3.63, 3.8) is 0 Å². The highest BCUT2D eigenvalue weighted by Crippen LogP contribution is 2.63. The van der Waals surface area contributed by atoms with Crippen molar-refractivity contribution < 1.29 is 46.6 Å². The first kappa shape index (κ1) is 21.0. The molecule has 0 aromatic heterocycles. The van der Waals surface area contributed by atoms with Gasteiger partial charge in [-0.2, -0.15) is 24.9 Å². The summed E-state index contributed by atoms with van der Waals surface area (Å²) in [5.41, 5.74) is 0. The van der Waals surface area contributed by atoms with E-state index >= 15 is 0 Å². The molecule has 0 bridgehead atoms. The van der Waals surface area contributed by atoms with E-state index in [2.05, 4.69) is 0 Å². The molecule has 10 unspecified atom stereocenters. The van der Waals surface area contributed by atoms with E-state index in [-0.39, 0.29) is 23.9 Å². The van der Waals surface area contributed by atoms with Gasteiger partial charge < -0.3 is 9.47 Å². The Balaban J connectivity index is 1.35. The number of thioether (sulfide) groups is 2. The minimum atomic E-state index is -4.38. The number of alkyl halides is 3. The van der Waals surface area contributed by atoms with Crippen molar-refractivity contribution in [3.05, 3.63) is 0 Å². The molecule has 0 N–H and O–H groups in total. The molecule has 4 aliphatic heterocycles. The maximum absolute atomic E-state index is 13.3. The van der Waals surface area contributed by atoms with E-state index in [9.17, 15) is 37.1 Å². The molecular weight excluding hydrogens is 473 g/mol. The minimum Gasteiger partial charge on any atom is -0.393 e. The van der Waals surface area contributed by atoms with E-state index in [4.69, 9.17) is 9.47 Å². The zero-order valence-corrected chi connectivity index (χ0v) is 17.9. The Labute approximate surface area is 187 Å². The molecule has 172 valence electrons. The number of esters is 4. The molecule has 32 heavy (non-hydrogen) atoms. The van der Waals surface area contributed by atoms with E-state index < -0.39 is 87.9 Å². The second kappa shape index (κ2) is 6.74. The van der Waals surface area contributed by atoms with Crippen LogP contribution in [-0.4, -0.2) is 57.3 Å². The van der Waals surface area contributed by atoms with Gasteiger partial charge in [-0.25, -0.2) is 0 Å². The Bertz CT molecular complexity index is 927. The van der Waals surface area contributed by atoms with Gasteiger partial charge in [-0.3, -0.25) is 24.0 Å². The molecule has 4 saturated heterocycles. The van der Waals surface area contributed by atoms with Gasteiger partial charge in [0.25, 0.3) is 0 Å². The molecule has 7 nitrogen and oxygen atoms in total. The van der Waals surface area contributed by atoms with Crippen molar-refractivity contribution in [1.82, 2.24) is 0 Å². The number of hydrogen-bond acceptors (Lipinski definition) is 9. The van der Waals surface area contributed by atoms with Gasteiger partial charge in [0.05, 0.1) is 23.7 Å². The second-order valence-electron chi connectivity index (χ2n) is 9.42. The van der Waals surface area contributed by atoms with Gasteiger partial charge >= 0.3 is 30.1 Å². The molecule has 4 heterocycles. The SMILES string of the molecule is O=C1OC(=O)C2C1CC1C(=O)OC(=O)C1C2C1CSC2C3SC(C(F)(F)F)CC3C(=O)C12. The van der Waals surface area contributed by atoms with Gasteiger partial charge in [-0.1, -0.05) is 0 Å². The van der Waals surface area contributed by atoms with Crippen LogP contribution in [0.15, 0.2) is 0 Å². The molecule has 6 fully saturated rings. The lowest BCUT2D eigenvalue weighted by Gasteiger charge is -2.40. The molecule has 0 radical (unpaired) electrons. The van der Waals surface area contributed by atoms with Crippen molar-refractivity contribution in [1.29, 1.82) is 0 Å². The number of ketones is 1. The predicted octanol–water partition coefficient (Wildman–Crippen LogP) is 1.62. The molecule has 10 atom stereocenters. The summed E-state index contributed by atoms with van der Waals surface area (Å²) < 4.78 is 49.4. The highest BCUT2D eigenvalue weighted by atomic mass is 32.2. The van der Waals surface area contributed by atoms with Crippen LogP contribution in [0.4, 0.5) is 13.2 Å². The first-order valence-corrected chi connectivity index (χ1v) is 12.5. The fourth-order valence-corrected chi connectivity index (χ4v) is 10.8. The summed E-state index contributed by atoms with van der Waals surface area (Å²) in [6.07, 6.45) is -4.65. The van der Waals surface area contributed by atoms with Gasteiger partial charge in [0.2, 0.25) is 0 Å². The maximum Gasteiger partial charge on any atom is 0.400 e. The Hall–Kier alpha value is -1.56. The lowest BCUT2D eigenvalue weighted by molar-refractivity contribution is -0.155. The molecule has 12 heteroatoms. The summed E-state index contributed by atoms with van der Waals surface area (Å²) in [6.45, 7) is 0. The fourth-order valence-electron chi connectivity index (χ4n) is 6.92. The highest BCUT2D eigenvalue weighted by molar-refractivity contribution is 8.04. The number of cyclic esters (lactones) is 4. The third kappa shape index (κ3) is 2.68. The number of Topliss-reactive ketones (excluding diaryl/α,β-unsaturated/α-hetero) is 1. The molecule has 0 spiro atoms. The molecule has 0 amide bonds. The van der Waals surface area contributed by atoms with E-state index in [1.54, 1.807) is 0 Å². The first-order valence-electron chi connectivity index (χ1n) is 10.5. The summed E-state index contributed by atoms with van der Waals surface area (Å²) in [5, 5.41) is -2.40. The summed E-state index contributed by atoms with van der Waals surface area (Å²) in [4.78, 5) is 63.0. The number of ether oxygens (including phenoxy) is 2. The Morgan fingerprint density at radius 3 is 1.91 bits per heavy atom. The van der Waals surface area contributed by atoms with Crippen molar-refractivity contribution in [2.75, 3.05) is 5.75 Å². The number of rotatable bonds is 1. The van der Waals surface area contributed by atoms with Crippen molar-refractivity contribution in [2.45, 2.75) is 34.8 Å². The molecule has 0 aromatic rings. The van der Waals surface area contributed by atoms with E-state index in [1.807, 2.05) is 0 Å². The monoisotopic (exact) mass is 490 g/mol. The summed E-state index contributed by atoms with van der Waals surface area (Å²) in [7, 11) is 0. The van der Waals surface area contributed by atoms with Crippen LogP contribution in [0.5, 0.6) is 0 Å². The quantitative estimate of drug-likeness (QED) is 0.401. The van der Waals surface area contributed by atoms with Crippen LogP contribution >= 0.6 is 23.5 Å². The zero-order chi connectivity index (χ0) is 22.7. The van der Waals surface area contributed by atoms with Crippen LogP contribution < -0.4 is 0 Å². The maximum atomic E-state index is 13.3. The van der Waals surface area contributed by atoms with Crippen molar-refractivity contribution in [2.24, 2.45) is 47.3 Å². The smallest absolute Gasteiger partial charge is 0.393 e. The van der Waals surface area contributed by atoms with E-state index in [0.29, 0.717) is 5.75 Å². The number of carbonyl (C=O) groups excluding carboxylic acids is 5. The van der Waals surface area contributed by atoms with Crippen LogP contribution in [0.1, 0.15) is 12.8 Å². The highest BCUT2D eigenvalue weighted by Gasteiger charge is 2.69. The predicted molar refractivity (Wildman–Crippen MR) is 102 cm³/mol. The Kier molecular flexibility index (Phi) is 4.42. The van der Waals surface area contributed by atoms with Crippen LogP contribution in [0.2, 0.25) is 0 Å². The minimum absolute atomic E-state index is 0.0166. The van der Waals surface area contributed by atoms with Gasteiger partial charge in [-0.15, -0.1) is 11.8 Å². The van der Waals surface area contributed by atoms with Crippen molar-refractivity contribution in [3.8, 4) is 0 Å². The number of hydrogen-bond donors (Lipinski definition) is 0. The summed E-state index contributed by atoms with van der Waals surface area (Å²) in [5.74, 6) is -9.19. The Morgan fingerprint density at radius 2 is 1.34 bits per heavy atom. The lowest BCUT2D eigenvalue weighted by Crippen LogP contribution is -2.49. The average Bonchev–Trinajstić information content (AvgIpc) is 3.47. The molecule has 6 aliphatic rings. The third-order valence-corrected chi connectivity index (χ3v) is 11.6.